The van der Waals surface area contributed by atoms with Crippen LogP contribution in [0.3, 0.4) is 0 Å². The van der Waals surface area contributed by atoms with Gasteiger partial charge in [0.15, 0.2) is 11.9 Å². The average molecular weight is 689 g/mol. The van der Waals surface area contributed by atoms with E-state index < -0.39 is 0 Å². The molecule has 0 amide bonds. The number of nitrogens with zero attached hydrogens (tertiary/aromatic N) is 4. The highest BCUT2D eigenvalue weighted by molar-refractivity contribution is 9.11. The van der Waals surface area contributed by atoms with E-state index in [0.29, 0.717) is 45.8 Å². The van der Waals surface area contributed by atoms with Gasteiger partial charge in [-0.05, 0) is 85.3 Å². The van der Waals surface area contributed by atoms with Gasteiger partial charge in [-0.15, -0.1) is 4.73 Å². The van der Waals surface area contributed by atoms with Gasteiger partial charge in [0.05, 0.1) is 34.8 Å². The summed E-state index contributed by atoms with van der Waals surface area (Å²) in [5, 5.41) is 19.8. The van der Waals surface area contributed by atoms with E-state index >= 15 is 0 Å². The highest BCUT2D eigenvalue weighted by Crippen LogP contribution is 2.17. The molecule has 36 heavy (non-hydrogen) atoms. The van der Waals surface area contributed by atoms with Gasteiger partial charge < -0.3 is 19.4 Å². The fraction of sp³-hybridized carbons (Fsp3) is 0.360. The summed E-state index contributed by atoms with van der Waals surface area (Å²) in [5.74, 6) is 1.54. The highest BCUT2D eigenvalue weighted by atomic mass is 79.9. The molecule has 0 bridgehead atoms. The molecule has 0 aliphatic rings. The van der Waals surface area contributed by atoms with Crippen molar-refractivity contribution >= 4 is 47.8 Å². The third-order valence-corrected chi connectivity index (χ3v) is 5.41. The van der Waals surface area contributed by atoms with Crippen molar-refractivity contribution in [3.05, 3.63) is 73.1 Å². The summed E-state index contributed by atoms with van der Waals surface area (Å²) >= 11 is 9.70. The molecule has 3 aromatic heterocycles. The van der Waals surface area contributed by atoms with Crippen molar-refractivity contribution in [2.75, 3.05) is 19.8 Å². The summed E-state index contributed by atoms with van der Waals surface area (Å²) in [7, 11) is 0. The first-order valence-corrected chi connectivity index (χ1v) is 13.7. The number of hydrogen-bond acceptors (Lipinski definition) is 7. The lowest BCUT2D eigenvalue weighted by molar-refractivity contribution is -0.613. The SMILES string of the molecule is CCCOc1ccc(Br)c(C#N)n1.CCCOc1ccc(Br)c[n+]1[O-].CCCOc1ccc(Br)cn1. The van der Waals surface area contributed by atoms with Crippen LogP contribution in [0.15, 0.2) is 62.2 Å². The lowest BCUT2D eigenvalue weighted by atomic mass is 10.4. The maximum absolute atomic E-state index is 11.1. The predicted molar refractivity (Wildman–Crippen MR) is 149 cm³/mol. The summed E-state index contributed by atoms with van der Waals surface area (Å²) in [6.07, 6.45) is 5.99. The molecule has 0 saturated heterocycles. The zero-order valence-corrected chi connectivity index (χ0v) is 25.2. The van der Waals surface area contributed by atoms with Crippen LogP contribution in [0.25, 0.3) is 0 Å². The number of pyridine rings is 3. The molecule has 0 saturated carbocycles. The molecule has 0 fully saturated rings. The monoisotopic (exact) mass is 686 g/mol. The van der Waals surface area contributed by atoms with Crippen molar-refractivity contribution in [2.45, 2.75) is 40.0 Å². The third kappa shape index (κ3) is 13.0. The van der Waals surface area contributed by atoms with Crippen LogP contribution in [0.5, 0.6) is 17.6 Å². The van der Waals surface area contributed by atoms with Crippen molar-refractivity contribution in [1.29, 1.82) is 5.26 Å². The number of nitriles is 1. The smallest absolute Gasteiger partial charge is 0.379 e. The Kier molecular flexibility index (Phi) is 16.5. The molecule has 0 unspecified atom stereocenters. The summed E-state index contributed by atoms with van der Waals surface area (Å²) in [5.41, 5.74) is 0.355. The number of aromatic nitrogens is 3. The van der Waals surface area contributed by atoms with Gasteiger partial charge >= 0.3 is 5.88 Å². The molecular formula is C25H29Br3N4O4. The van der Waals surface area contributed by atoms with Crippen LogP contribution < -0.4 is 18.9 Å². The lowest BCUT2D eigenvalue weighted by Gasteiger charge is -2.04. The van der Waals surface area contributed by atoms with Crippen molar-refractivity contribution in [3.63, 3.8) is 0 Å². The summed E-state index contributed by atoms with van der Waals surface area (Å²) in [6.45, 7) is 8.01. The van der Waals surface area contributed by atoms with Crippen molar-refractivity contribution in [1.82, 2.24) is 9.97 Å². The maximum Gasteiger partial charge on any atom is 0.379 e. The Morgan fingerprint density at radius 3 is 1.97 bits per heavy atom. The zero-order chi connectivity index (χ0) is 26.8. The highest BCUT2D eigenvalue weighted by Gasteiger charge is 2.05. The molecule has 0 atom stereocenters. The van der Waals surface area contributed by atoms with E-state index in [4.69, 9.17) is 19.5 Å². The fourth-order valence-corrected chi connectivity index (χ4v) is 3.07. The third-order valence-electron chi connectivity index (χ3n) is 3.83. The van der Waals surface area contributed by atoms with Gasteiger partial charge in [-0.1, -0.05) is 20.8 Å². The molecule has 0 spiro atoms. The normalized spacial score (nSPS) is 9.58. The van der Waals surface area contributed by atoms with Crippen LogP contribution in [0.4, 0.5) is 0 Å². The van der Waals surface area contributed by atoms with Gasteiger partial charge in [0.25, 0.3) is 0 Å². The van der Waals surface area contributed by atoms with Gasteiger partial charge in [-0.3, -0.25) is 0 Å². The van der Waals surface area contributed by atoms with E-state index in [-0.39, 0.29) is 0 Å². The van der Waals surface area contributed by atoms with Gasteiger partial charge in [0.2, 0.25) is 11.8 Å². The minimum atomic E-state index is 0.347. The lowest BCUT2D eigenvalue weighted by Crippen LogP contribution is -2.28. The first-order chi connectivity index (χ1) is 17.3. The van der Waals surface area contributed by atoms with Crippen molar-refractivity contribution in [3.8, 4) is 23.7 Å². The Hall–Kier alpha value is -2.42. The predicted octanol–water partition coefficient (Wildman–Crippen LogP) is 7.01. The minimum Gasteiger partial charge on any atom is -0.616 e. The van der Waals surface area contributed by atoms with E-state index in [9.17, 15) is 5.21 Å². The Morgan fingerprint density at radius 1 is 0.833 bits per heavy atom. The largest absolute Gasteiger partial charge is 0.616 e. The topological polar surface area (TPSA) is 104 Å². The molecular weight excluding hydrogens is 660 g/mol. The quantitative estimate of drug-likeness (QED) is 0.176. The second-order valence-corrected chi connectivity index (χ2v) is 9.65. The van der Waals surface area contributed by atoms with Gasteiger partial charge in [-0.2, -0.15) is 5.26 Å². The van der Waals surface area contributed by atoms with Gasteiger partial charge in [0, 0.05) is 22.8 Å². The molecule has 0 aliphatic carbocycles. The van der Waals surface area contributed by atoms with Crippen molar-refractivity contribution in [2.24, 2.45) is 0 Å². The summed E-state index contributed by atoms with van der Waals surface area (Å²) in [4.78, 5) is 8.04. The Bertz CT molecular complexity index is 1080. The van der Waals surface area contributed by atoms with Crippen LogP contribution in [-0.2, 0) is 0 Å². The molecule has 0 N–H and O–H groups in total. The number of halogens is 3. The van der Waals surface area contributed by atoms with E-state index in [1.165, 1.54) is 6.20 Å². The molecule has 11 heteroatoms. The second kappa shape index (κ2) is 18.8. The minimum absolute atomic E-state index is 0.347. The molecule has 8 nitrogen and oxygen atoms in total. The molecule has 3 aromatic rings. The fourth-order valence-electron chi connectivity index (χ4n) is 2.21. The van der Waals surface area contributed by atoms with E-state index in [1.54, 1.807) is 30.5 Å². The molecule has 0 aromatic carbocycles. The number of ether oxygens (including phenoxy) is 3. The zero-order valence-electron chi connectivity index (χ0n) is 20.4. The first-order valence-electron chi connectivity index (χ1n) is 11.3. The summed E-state index contributed by atoms with van der Waals surface area (Å²) in [6, 6.07) is 12.7. The standard InChI is InChI=1S/C9H9BrN2O.C8H10BrNO2.C8H10BrNO/c1-2-5-13-9-4-3-7(10)8(6-11)12-9;1-2-5-12-8-4-3-7(9)6-10(8)11;1-2-5-11-8-4-3-7(9)6-10-8/h3-4H,2,5H2,1H3;3-4,6H,2,5H2,1H3;3-4,6H,2,5H2,1H3. The van der Waals surface area contributed by atoms with Gasteiger partial charge in [-0.25, -0.2) is 9.97 Å². The molecule has 194 valence electrons. The Balaban J connectivity index is 0.000000271. The first kappa shape index (κ1) is 31.6. The van der Waals surface area contributed by atoms with Crippen LogP contribution in [0.1, 0.15) is 45.7 Å². The maximum atomic E-state index is 11.1. The van der Waals surface area contributed by atoms with Crippen LogP contribution in [0, 0.1) is 16.5 Å². The van der Waals surface area contributed by atoms with Crippen LogP contribution >= 0.6 is 47.8 Å². The van der Waals surface area contributed by atoms with Gasteiger partial charge in [0.1, 0.15) is 6.07 Å². The Labute approximate surface area is 237 Å². The Morgan fingerprint density at radius 2 is 1.42 bits per heavy atom. The van der Waals surface area contributed by atoms with Crippen LogP contribution in [-0.4, -0.2) is 29.8 Å². The molecule has 3 rings (SSSR count). The van der Waals surface area contributed by atoms with Crippen molar-refractivity contribution < 1.29 is 18.9 Å². The van der Waals surface area contributed by atoms with E-state index in [1.807, 2.05) is 32.0 Å². The molecule has 3 heterocycles. The molecule has 0 aliphatic heterocycles. The van der Waals surface area contributed by atoms with E-state index in [2.05, 4.69) is 64.7 Å². The molecule has 0 radical (unpaired) electrons. The number of hydrogen-bond donors (Lipinski definition) is 0. The number of rotatable bonds is 9. The summed E-state index contributed by atoms with van der Waals surface area (Å²) < 4.78 is 18.8. The second-order valence-electron chi connectivity index (χ2n) is 6.96. The average Bonchev–Trinajstić information content (AvgIpc) is 2.88. The van der Waals surface area contributed by atoms with E-state index in [0.717, 1.165) is 34.8 Å². The van der Waals surface area contributed by atoms with Crippen LogP contribution in [0.2, 0.25) is 0 Å².